The lowest BCUT2D eigenvalue weighted by atomic mass is 10.1. The molecule has 1 heterocycles. The van der Waals surface area contributed by atoms with Crippen molar-refractivity contribution in [2.24, 2.45) is 4.99 Å². The largest absolute Gasteiger partial charge is 0.494 e. The van der Waals surface area contributed by atoms with E-state index in [1.165, 1.54) is 10.8 Å². The van der Waals surface area contributed by atoms with Crippen LogP contribution in [0.2, 0.25) is 0 Å². The summed E-state index contributed by atoms with van der Waals surface area (Å²) in [5.41, 5.74) is 3.33. The van der Waals surface area contributed by atoms with Crippen molar-refractivity contribution < 1.29 is 5.11 Å². The van der Waals surface area contributed by atoms with Crippen molar-refractivity contribution in [2.75, 3.05) is 0 Å². The predicted molar refractivity (Wildman–Crippen MR) is 90.7 cm³/mol. The number of rotatable bonds is 3. The van der Waals surface area contributed by atoms with Gasteiger partial charge in [0.05, 0.1) is 11.3 Å². The van der Waals surface area contributed by atoms with E-state index in [0.29, 0.717) is 11.1 Å². The number of pyridine rings is 1. The van der Waals surface area contributed by atoms with Gasteiger partial charge in [0.15, 0.2) is 0 Å². The van der Waals surface area contributed by atoms with Crippen LogP contribution in [0.4, 0.5) is 5.69 Å². The number of aromatic hydroxyl groups is 1. The van der Waals surface area contributed by atoms with Gasteiger partial charge in [0.2, 0.25) is 5.88 Å². The molecule has 0 saturated heterocycles. The summed E-state index contributed by atoms with van der Waals surface area (Å²) in [5.74, 6) is -0.164. The zero-order chi connectivity index (χ0) is 17.1. The van der Waals surface area contributed by atoms with Gasteiger partial charge in [-0.1, -0.05) is 17.7 Å². The first-order valence-electron chi connectivity index (χ1n) is 7.38. The van der Waals surface area contributed by atoms with Crippen LogP contribution < -0.4 is 5.56 Å². The van der Waals surface area contributed by atoms with Crippen molar-refractivity contribution in [3.8, 4) is 11.9 Å². The lowest BCUT2D eigenvalue weighted by Crippen LogP contribution is -2.24. The Labute approximate surface area is 135 Å². The summed E-state index contributed by atoms with van der Waals surface area (Å²) in [5, 5.41) is 19.5. The van der Waals surface area contributed by atoms with Gasteiger partial charge in [-0.3, -0.25) is 14.4 Å². The molecule has 1 aromatic carbocycles. The standard InChI is InChI=1S/C18H19N3O2/c1-5-21-17(22)14(9-19)13(4)15(18(21)23)10-20-16-7-6-11(2)8-12(16)3/h6-8,10,23H,5H2,1-4H3. The normalized spacial score (nSPS) is 10.9. The van der Waals surface area contributed by atoms with Gasteiger partial charge in [-0.15, -0.1) is 0 Å². The average Bonchev–Trinajstić information content (AvgIpc) is 2.50. The first kappa shape index (κ1) is 16.5. The highest BCUT2D eigenvalue weighted by molar-refractivity contribution is 5.87. The van der Waals surface area contributed by atoms with Crippen molar-refractivity contribution in [3.05, 3.63) is 56.4 Å². The van der Waals surface area contributed by atoms with E-state index in [9.17, 15) is 15.2 Å². The molecule has 0 radical (unpaired) electrons. The molecule has 0 spiro atoms. The maximum absolute atomic E-state index is 12.1. The highest BCUT2D eigenvalue weighted by Gasteiger charge is 2.16. The van der Waals surface area contributed by atoms with E-state index in [-0.39, 0.29) is 18.0 Å². The molecular formula is C18H19N3O2. The fourth-order valence-corrected chi connectivity index (χ4v) is 2.50. The Kier molecular flexibility index (Phi) is 4.65. The van der Waals surface area contributed by atoms with Crippen LogP contribution >= 0.6 is 0 Å². The van der Waals surface area contributed by atoms with Crippen molar-refractivity contribution in [1.82, 2.24) is 4.57 Å². The van der Waals surface area contributed by atoms with Gasteiger partial charge in [-0.2, -0.15) is 5.26 Å². The lowest BCUT2D eigenvalue weighted by molar-refractivity contribution is 0.409. The van der Waals surface area contributed by atoms with Gasteiger partial charge in [0.1, 0.15) is 11.6 Å². The molecule has 5 nitrogen and oxygen atoms in total. The van der Waals surface area contributed by atoms with E-state index in [1.54, 1.807) is 13.8 Å². The third-order valence-corrected chi connectivity index (χ3v) is 3.85. The van der Waals surface area contributed by atoms with Crippen LogP contribution in [0.15, 0.2) is 28.0 Å². The molecule has 0 amide bonds. The number of aryl methyl sites for hydroxylation is 2. The molecule has 0 aliphatic heterocycles. The lowest BCUT2D eigenvalue weighted by Gasteiger charge is -2.12. The van der Waals surface area contributed by atoms with Crippen LogP contribution in [-0.2, 0) is 6.54 Å². The molecule has 0 atom stereocenters. The Balaban J connectivity index is 2.62. The van der Waals surface area contributed by atoms with Crippen LogP contribution in [0.5, 0.6) is 5.88 Å². The molecule has 118 valence electrons. The first-order chi connectivity index (χ1) is 10.9. The summed E-state index contributed by atoms with van der Waals surface area (Å²) in [6.07, 6.45) is 1.51. The SMILES string of the molecule is CCn1c(O)c(C=Nc2ccc(C)cc2C)c(C)c(C#N)c1=O. The van der Waals surface area contributed by atoms with Crippen LogP contribution in [0.25, 0.3) is 0 Å². The zero-order valence-corrected chi connectivity index (χ0v) is 13.7. The number of benzene rings is 1. The fraction of sp³-hybridized carbons (Fsp3) is 0.278. The second-order valence-corrected chi connectivity index (χ2v) is 5.45. The van der Waals surface area contributed by atoms with E-state index in [0.717, 1.165) is 16.8 Å². The molecule has 1 aromatic heterocycles. The maximum Gasteiger partial charge on any atom is 0.271 e. The van der Waals surface area contributed by atoms with E-state index < -0.39 is 5.56 Å². The zero-order valence-electron chi connectivity index (χ0n) is 13.7. The van der Waals surface area contributed by atoms with Gasteiger partial charge in [-0.25, -0.2) is 0 Å². The van der Waals surface area contributed by atoms with Gasteiger partial charge in [0, 0.05) is 12.8 Å². The minimum absolute atomic E-state index is 0.0340. The summed E-state index contributed by atoms with van der Waals surface area (Å²) in [4.78, 5) is 16.5. The molecule has 0 aliphatic carbocycles. The first-order valence-corrected chi connectivity index (χ1v) is 7.38. The second-order valence-electron chi connectivity index (χ2n) is 5.45. The molecule has 2 aromatic rings. The Morgan fingerprint density at radius 3 is 2.61 bits per heavy atom. The molecule has 0 unspecified atom stereocenters. The van der Waals surface area contributed by atoms with Crippen molar-refractivity contribution >= 4 is 11.9 Å². The van der Waals surface area contributed by atoms with Crippen LogP contribution in [0, 0.1) is 32.1 Å². The summed E-state index contributed by atoms with van der Waals surface area (Å²) in [7, 11) is 0. The number of hydrogen-bond acceptors (Lipinski definition) is 4. The maximum atomic E-state index is 12.1. The third kappa shape index (κ3) is 3.02. The van der Waals surface area contributed by atoms with Crippen LogP contribution in [0.3, 0.4) is 0 Å². The fourth-order valence-electron chi connectivity index (χ4n) is 2.50. The molecule has 5 heteroatoms. The molecule has 0 saturated carbocycles. The van der Waals surface area contributed by atoms with Gasteiger partial charge in [0.25, 0.3) is 5.56 Å². The van der Waals surface area contributed by atoms with E-state index in [1.807, 2.05) is 38.1 Å². The summed E-state index contributed by atoms with van der Waals surface area (Å²) in [6.45, 7) is 7.63. The number of nitrogens with zero attached hydrogens (tertiary/aromatic N) is 3. The van der Waals surface area contributed by atoms with Crippen molar-refractivity contribution in [3.63, 3.8) is 0 Å². The van der Waals surface area contributed by atoms with Crippen LogP contribution in [-0.4, -0.2) is 15.9 Å². The summed E-state index contributed by atoms with van der Waals surface area (Å²) in [6, 6.07) is 7.79. The number of nitriles is 1. The van der Waals surface area contributed by atoms with Crippen molar-refractivity contribution in [1.29, 1.82) is 5.26 Å². The highest BCUT2D eigenvalue weighted by atomic mass is 16.3. The average molecular weight is 309 g/mol. The predicted octanol–water partition coefficient (Wildman–Crippen LogP) is 3.12. The van der Waals surface area contributed by atoms with E-state index in [2.05, 4.69) is 4.99 Å². The monoisotopic (exact) mass is 309 g/mol. The Morgan fingerprint density at radius 2 is 2.04 bits per heavy atom. The summed E-state index contributed by atoms with van der Waals surface area (Å²) < 4.78 is 1.18. The number of aliphatic imine (C=N–C) groups is 1. The van der Waals surface area contributed by atoms with Gasteiger partial charge < -0.3 is 5.11 Å². The Bertz CT molecular complexity index is 887. The highest BCUT2D eigenvalue weighted by Crippen LogP contribution is 2.23. The van der Waals surface area contributed by atoms with E-state index in [4.69, 9.17) is 0 Å². The molecule has 1 N–H and O–H groups in total. The molecular weight excluding hydrogens is 290 g/mol. The topological polar surface area (TPSA) is 78.4 Å². The van der Waals surface area contributed by atoms with E-state index >= 15 is 0 Å². The smallest absolute Gasteiger partial charge is 0.271 e. The minimum Gasteiger partial charge on any atom is -0.494 e. The molecule has 0 fully saturated rings. The Hall–Kier alpha value is -2.87. The van der Waals surface area contributed by atoms with Crippen molar-refractivity contribution in [2.45, 2.75) is 34.2 Å². The molecule has 0 bridgehead atoms. The van der Waals surface area contributed by atoms with Gasteiger partial charge >= 0.3 is 0 Å². The second kappa shape index (κ2) is 6.49. The number of aromatic nitrogens is 1. The third-order valence-electron chi connectivity index (χ3n) is 3.85. The summed E-state index contributed by atoms with van der Waals surface area (Å²) >= 11 is 0. The number of hydrogen-bond donors (Lipinski definition) is 1. The Morgan fingerprint density at radius 1 is 1.35 bits per heavy atom. The van der Waals surface area contributed by atoms with Crippen LogP contribution in [0.1, 0.15) is 34.7 Å². The quantitative estimate of drug-likeness (QED) is 0.885. The molecule has 23 heavy (non-hydrogen) atoms. The van der Waals surface area contributed by atoms with Gasteiger partial charge in [-0.05, 0) is 44.9 Å². The molecule has 2 rings (SSSR count). The minimum atomic E-state index is -0.478. The molecule has 0 aliphatic rings.